The Bertz CT molecular complexity index is 601. The van der Waals surface area contributed by atoms with Gasteiger partial charge in [0.05, 0.1) is 5.69 Å². The Morgan fingerprint density at radius 2 is 1.89 bits per heavy atom. The summed E-state index contributed by atoms with van der Waals surface area (Å²) in [7, 11) is 0. The molecule has 0 fully saturated rings. The van der Waals surface area contributed by atoms with Crippen molar-refractivity contribution in [3.05, 3.63) is 41.4 Å². The summed E-state index contributed by atoms with van der Waals surface area (Å²) in [5.74, 6) is 2.50. The maximum absolute atomic E-state index is 5.90. The molecule has 0 unspecified atom stereocenters. The Hall–Kier alpha value is -2.07. The largest absolute Gasteiger partial charge is 0.455 e. The number of nitrogen functional groups attached to an aromatic ring is 1. The molecule has 1 aliphatic heterocycles. The van der Waals surface area contributed by atoms with Gasteiger partial charge in [0.15, 0.2) is 17.2 Å². The summed E-state index contributed by atoms with van der Waals surface area (Å²) >= 11 is 5.90. The molecule has 0 aliphatic carbocycles. The number of benzene rings is 2. The Labute approximate surface area is 109 Å². The van der Waals surface area contributed by atoms with Crippen molar-refractivity contribution in [3.63, 3.8) is 0 Å². The number of halogens is 1. The highest BCUT2D eigenvalue weighted by Crippen LogP contribution is 2.38. The van der Waals surface area contributed by atoms with Crippen LogP contribution < -0.4 is 19.9 Å². The third kappa shape index (κ3) is 2.02. The van der Waals surface area contributed by atoms with Crippen LogP contribution in [0.5, 0.6) is 23.0 Å². The molecule has 2 aromatic rings. The number of anilines is 1. The van der Waals surface area contributed by atoms with Crippen molar-refractivity contribution in [2.45, 2.75) is 0 Å². The highest BCUT2D eigenvalue weighted by molar-refractivity contribution is 6.30. The van der Waals surface area contributed by atoms with Crippen LogP contribution in [0.3, 0.4) is 0 Å². The molecule has 92 valence electrons. The van der Waals surface area contributed by atoms with Gasteiger partial charge in [-0.3, -0.25) is 0 Å². The van der Waals surface area contributed by atoms with Crippen molar-refractivity contribution < 1.29 is 14.2 Å². The maximum Gasteiger partial charge on any atom is 0.231 e. The lowest BCUT2D eigenvalue weighted by molar-refractivity contribution is 0.174. The first-order valence-corrected chi connectivity index (χ1v) is 5.73. The normalized spacial score (nSPS) is 12.5. The molecule has 1 aliphatic rings. The summed E-state index contributed by atoms with van der Waals surface area (Å²) < 4.78 is 16.2. The lowest BCUT2D eigenvalue weighted by Crippen LogP contribution is -1.93. The third-order valence-corrected chi connectivity index (χ3v) is 2.78. The first-order valence-electron chi connectivity index (χ1n) is 5.35. The fourth-order valence-electron chi connectivity index (χ4n) is 1.66. The van der Waals surface area contributed by atoms with Gasteiger partial charge in [-0.1, -0.05) is 11.6 Å². The smallest absolute Gasteiger partial charge is 0.231 e. The molecule has 2 N–H and O–H groups in total. The van der Waals surface area contributed by atoms with Gasteiger partial charge in [-0.15, -0.1) is 0 Å². The number of ether oxygens (including phenoxy) is 3. The molecule has 5 heteroatoms. The van der Waals surface area contributed by atoms with Gasteiger partial charge in [-0.05, 0) is 24.3 Å². The number of nitrogens with two attached hydrogens (primary N) is 1. The number of hydrogen-bond donors (Lipinski definition) is 1. The monoisotopic (exact) mass is 263 g/mol. The van der Waals surface area contributed by atoms with E-state index in [0.717, 1.165) is 0 Å². The quantitative estimate of drug-likeness (QED) is 0.843. The Morgan fingerprint density at radius 3 is 2.78 bits per heavy atom. The van der Waals surface area contributed by atoms with E-state index < -0.39 is 0 Å². The lowest BCUT2D eigenvalue weighted by Gasteiger charge is -2.09. The van der Waals surface area contributed by atoms with E-state index in [-0.39, 0.29) is 6.79 Å². The zero-order valence-electron chi connectivity index (χ0n) is 9.35. The average molecular weight is 264 g/mol. The average Bonchev–Trinajstić information content (AvgIpc) is 2.81. The van der Waals surface area contributed by atoms with Crippen molar-refractivity contribution in [3.8, 4) is 23.0 Å². The van der Waals surface area contributed by atoms with Gasteiger partial charge >= 0.3 is 0 Å². The molecule has 0 spiro atoms. The minimum absolute atomic E-state index is 0.234. The zero-order valence-corrected chi connectivity index (χ0v) is 10.1. The first-order chi connectivity index (χ1) is 8.72. The number of hydrogen-bond acceptors (Lipinski definition) is 4. The molecule has 4 nitrogen and oxygen atoms in total. The molecule has 0 amide bonds. The molecule has 0 aromatic heterocycles. The second-order valence-corrected chi connectivity index (χ2v) is 4.24. The van der Waals surface area contributed by atoms with Crippen LogP contribution in [0.4, 0.5) is 5.69 Å². The second-order valence-electron chi connectivity index (χ2n) is 3.80. The zero-order chi connectivity index (χ0) is 12.5. The summed E-state index contributed by atoms with van der Waals surface area (Å²) in [6.45, 7) is 0.234. The molecule has 0 atom stereocenters. The molecule has 0 saturated heterocycles. The van der Waals surface area contributed by atoms with Crippen LogP contribution in [0.2, 0.25) is 5.02 Å². The number of fused-ring (bicyclic) bond motifs is 1. The van der Waals surface area contributed by atoms with Crippen molar-refractivity contribution in [1.82, 2.24) is 0 Å². The summed E-state index contributed by atoms with van der Waals surface area (Å²) in [6, 6.07) is 10.4. The standard InChI is InChI=1S/C13H10ClNO3/c14-8-1-3-10(15)12(5-8)18-9-2-4-11-13(6-9)17-7-16-11/h1-6H,7,15H2. The van der Waals surface area contributed by atoms with Gasteiger partial charge < -0.3 is 19.9 Å². The van der Waals surface area contributed by atoms with E-state index in [1.807, 2.05) is 0 Å². The van der Waals surface area contributed by atoms with Crippen LogP contribution in [0.1, 0.15) is 0 Å². The molecule has 18 heavy (non-hydrogen) atoms. The Morgan fingerprint density at radius 1 is 1.06 bits per heavy atom. The maximum atomic E-state index is 5.90. The predicted molar refractivity (Wildman–Crippen MR) is 68.5 cm³/mol. The Kier molecular flexibility index (Phi) is 2.64. The van der Waals surface area contributed by atoms with E-state index in [1.165, 1.54) is 0 Å². The van der Waals surface area contributed by atoms with E-state index in [1.54, 1.807) is 36.4 Å². The topological polar surface area (TPSA) is 53.7 Å². The van der Waals surface area contributed by atoms with Gasteiger partial charge in [0.25, 0.3) is 0 Å². The van der Waals surface area contributed by atoms with E-state index in [4.69, 9.17) is 31.5 Å². The molecule has 0 bridgehead atoms. The summed E-state index contributed by atoms with van der Waals surface area (Å²) in [5.41, 5.74) is 6.34. The third-order valence-electron chi connectivity index (χ3n) is 2.55. The second kappa shape index (κ2) is 4.31. The van der Waals surface area contributed by atoms with Crippen LogP contribution in [0.25, 0.3) is 0 Å². The molecule has 3 rings (SSSR count). The van der Waals surface area contributed by atoms with E-state index in [0.29, 0.717) is 33.7 Å². The molecule has 0 radical (unpaired) electrons. The summed E-state index contributed by atoms with van der Waals surface area (Å²) in [4.78, 5) is 0. The first kappa shape index (κ1) is 11.0. The lowest BCUT2D eigenvalue weighted by atomic mass is 10.3. The highest BCUT2D eigenvalue weighted by Gasteiger charge is 2.14. The van der Waals surface area contributed by atoms with Crippen LogP contribution in [-0.4, -0.2) is 6.79 Å². The number of rotatable bonds is 2. The van der Waals surface area contributed by atoms with Crippen LogP contribution >= 0.6 is 11.6 Å². The minimum Gasteiger partial charge on any atom is -0.455 e. The van der Waals surface area contributed by atoms with Crippen molar-refractivity contribution in [2.24, 2.45) is 0 Å². The van der Waals surface area contributed by atoms with E-state index in [2.05, 4.69) is 0 Å². The van der Waals surface area contributed by atoms with E-state index in [9.17, 15) is 0 Å². The van der Waals surface area contributed by atoms with Crippen LogP contribution in [0.15, 0.2) is 36.4 Å². The van der Waals surface area contributed by atoms with Gasteiger partial charge in [0.1, 0.15) is 5.75 Å². The molecule has 2 aromatic carbocycles. The molecule has 0 saturated carbocycles. The molecule has 1 heterocycles. The fourth-order valence-corrected chi connectivity index (χ4v) is 1.83. The highest BCUT2D eigenvalue weighted by atomic mass is 35.5. The van der Waals surface area contributed by atoms with Gasteiger partial charge in [-0.25, -0.2) is 0 Å². The predicted octanol–water partition coefficient (Wildman–Crippen LogP) is 3.44. The van der Waals surface area contributed by atoms with Crippen LogP contribution in [-0.2, 0) is 0 Å². The molecular formula is C13H10ClNO3. The van der Waals surface area contributed by atoms with Crippen molar-refractivity contribution in [1.29, 1.82) is 0 Å². The summed E-state index contributed by atoms with van der Waals surface area (Å²) in [6.07, 6.45) is 0. The van der Waals surface area contributed by atoms with Crippen LogP contribution in [0, 0.1) is 0 Å². The van der Waals surface area contributed by atoms with Gasteiger partial charge in [0, 0.05) is 17.2 Å². The van der Waals surface area contributed by atoms with Crippen molar-refractivity contribution >= 4 is 17.3 Å². The van der Waals surface area contributed by atoms with Gasteiger partial charge in [0.2, 0.25) is 6.79 Å². The fraction of sp³-hybridized carbons (Fsp3) is 0.0769. The molecular weight excluding hydrogens is 254 g/mol. The van der Waals surface area contributed by atoms with E-state index >= 15 is 0 Å². The SMILES string of the molecule is Nc1ccc(Cl)cc1Oc1ccc2c(c1)OCO2. The summed E-state index contributed by atoms with van der Waals surface area (Å²) in [5, 5.41) is 0.569. The minimum atomic E-state index is 0.234. The van der Waals surface area contributed by atoms with Gasteiger partial charge in [-0.2, -0.15) is 0 Å². The van der Waals surface area contributed by atoms with Crippen molar-refractivity contribution in [2.75, 3.05) is 12.5 Å². The Balaban J connectivity index is 1.90.